The molecular weight excluding hydrogens is 466 g/mol. The molecule has 5 rings (SSSR count). The van der Waals surface area contributed by atoms with Gasteiger partial charge in [0.15, 0.2) is 0 Å². The van der Waals surface area contributed by atoms with Crippen molar-refractivity contribution in [2.45, 2.75) is 19.4 Å². The molecule has 3 aromatic rings. The van der Waals surface area contributed by atoms with Crippen molar-refractivity contribution in [3.8, 4) is 11.3 Å². The minimum atomic E-state index is -0.389. The summed E-state index contributed by atoms with van der Waals surface area (Å²) in [6, 6.07) is 5.55. The Morgan fingerprint density at radius 1 is 1.20 bits per heavy atom. The molecule has 0 bridgehead atoms. The lowest BCUT2D eigenvalue weighted by Crippen LogP contribution is -2.38. The van der Waals surface area contributed by atoms with Crippen LogP contribution in [0.3, 0.4) is 0 Å². The average Bonchev–Trinajstić information content (AvgIpc) is 3.50. The van der Waals surface area contributed by atoms with Crippen molar-refractivity contribution in [3.05, 3.63) is 53.0 Å². The molecule has 0 aliphatic carbocycles. The number of hydrogen-bond donors (Lipinski definition) is 4. The molecule has 35 heavy (non-hydrogen) atoms. The van der Waals surface area contributed by atoms with Crippen LogP contribution in [0.2, 0.25) is 0 Å². The fraction of sp³-hybridized carbons (Fsp3) is 0.304. The molecule has 0 aromatic carbocycles. The topological polar surface area (TPSA) is 155 Å². The van der Waals surface area contributed by atoms with Gasteiger partial charge in [0, 0.05) is 37.6 Å². The maximum absolute atomic E-state index is 11.8. The number of nitrogens with zero attached hydrogens (tertiary/aromatic N) is 5. The van der Waals surface area contributed by atoms with Gasteiger partial charge in [-0.15, -0.1) is 0 Å². The number of H-pyrrole nitrogens is 1. The molecule has 2 aliphatic rings. The molecule has 0 atom stereocenters. The largest absolute Gasteiger partial charge is 0.384 e. The van der Waals surface area contributed by atoms with Gasteiger partial charge in [0.05, 0.1) is 22.5 Å². The molecule has 0 unspecified atom stereocenters. The Morgan fingerprint density at radius 3 is 2.80 bits per heavy atom. The van der Waals surface area contributed by atoms with Gasteiger partial charge in [-0.1, -0.05) is 6.07 Å². The number of rotatable bonds is 7. The van der Waals surface area contributed by atoms with E-state index in [2.05, 4.69) is 40.7 Å². The zero-order chi connectivity index (χ0) is 24.2. The van der Waals surface area contributed by atoms with Gasteiger partial charge in [-0.05, 0) is 60.8 Å². The Bertz CT molecular complexity index is 1250. The van der Waals surface area contributed by atoms with Gasteiger partial charge in [0.2, 0.25) is 5.95 Å². The molecule has 11 nitrogen and oxygen atoms in total. The van der Waals surface area contributed by atoms with E-state index < -0.39 is 0 Å². The van der Waals surface area contributed by atoms with Crippen molar-refractivity contribution in [1.82, 2.24) is 35.8 Å². The molecule has 2 amide bonds. The van der Waals surface area contributed by atoms with E-state index in [9.17, 15) is 9.59 Å². The Kier molecular flexibility index (Phi) is 6.73. The highest BCUT2D eigenvalue weighted by atomic mass is 32.2. The summed E-state index contributed by atoms with van der Waals surface area (Å²) in [5, 5.41) is 12.3. The predicted molar refractivity (Wildman–Crippen MR) is 134 cm³/mol. The van der Waals surface area contributed by atoms with E-state index in [-0.39, 0.29) is 11.1 Å². The minimum absolute atomic E-state index is 0.344. The van der Waals surface area contributed by atoms with Gasteiger partial charge in [-0.3, -0.25) is 20.0 Å². The highest BCUT2D eigenvalue weighted by Crippen LogP contribution is 2.26. The smallest absolute Gasteiger partial charge is 0.290 e. The van der Waals surface area contributed by atoms with Gasteiger partial charge >= 0.3 is 0 Å². The first kappa shape index (κ1) is 23.0. The van der Waals surface area contributed by atoms with Crippen molar-refractivity contribution in [3.63, 3.8) is 0 Å². The molecule has 180 valence electrons. The minimum Gasteiger partial charge on any atom is -0.384 e. The van der Waals surface area contributed by atoms with Crippen LogP contribution in [0.5, 0.6) is 0 Å². The lowest BCUT2D eigenvalue weighted by molar-refractivity contribution is -0.115. The number of nitrogens with two attached hydrogens (primary N) is 1. The summed E-state index contributed by atoms with van der Waals surface area (Å²) in [5.41, 5.74) is 9.33. The van der Waals surface area contributed by atoms with Crippen LogP contribution in [-0.2, 0) is 11.3 Å². The Balaban J connectivity index is 1.14. The summed E-state index contributed by atoms with van der Waals surface area (Å²) in [7, 11) is 0. The molecule has 3 aromatic heterocycles. The van der Waals surface area contributed by atoms with Gasteiger partial charge in [0.25, 0.3) is 11.1 Å². The predicted octanol–water partition coefficient (Wildman–Crippen LogP) is 2.17. The molecule has 0 saturated carbocycles. The third-order valence-corrected chi connectivity index (χ3v) is 6.81. The second-order valence-corrected chi connectivity index (χ2v) is 9.44. The van der Waals surface area contributed by atoms with Crippen LogP contribution in [0.15, 0.2) is 41.7 Å². The average molecular weight is 492 g/mol. The van der Waals surface area contributed by atoms with Crippen molar-refractivity contribution >= 4 is 40.8 Å². The zero-order valence-corrected chi connectivity index (χ0v) is 19.7. The normalized spacial score (nSPS) is 17.8. The molecule has 2 aliphatic heterocycles. The first-order chi connectivity index (χ1) is 17.0. The standard InChI is InChI=1S/C23H25N9O2S/c24-19-2-1-15(20(30-19)16-12-27-28-13-16)11-25-10-14-4-7-32(8-5-14)22-26-6-3-17(29-22)9-18-21(33)31-23(34)35-18/h1-3,6,9,12-14,25H,4-5,7-8,10-11H2,(H2,24,30)(H,27,28)(H,31,33,34)/b18-9+. The zero-order valence-electron chi connectivity index (χ0n) is 18.9. The lowest BCUT2D eigenvalue weighted by Gasteiger charge is -2.32. The van der Waals surface area contributed by atoms with E-state index >= 15 is 0 Å². The van der Waals surface area contributed by atoms with E-state index in [1.54, 1.807) is 24.5 Å². The number of aromatic nitrogens is 5. The number of hydrogen-bond acceptors (Lipinski definition) is 10. The number of pyridine rings is 1. The second kappa shape index (κ2) is 10.2. The second-order valence-electron chi connectivity index (χ2n) is 8.43. The van der Waals surface area contributed by atoms with Crippen molar-refractivity contribution < 1.29 is 9.59 Å². The third kappa shape index (κ3) is 5.49. The SMILES string of the molecule is Nc1ccc(CNCC2CCN(c3nccc(/C=C4/SC(=O)NC4=O)n3)CC2)c(-c2cn[nH]c2)n1. The molecule has 2 saturated heterocycles. The highest BCUT2D eigenvalue weighted by Gasteiger charge is 2.26. The van der Waals surface area contributed by atoms with E-state index in [4.69, 9.17) is 5.73 Å². The van der Waals surface area contributed by atoms with Crippen LogP contribution < -0.4 is 21.3 Å². The number of nitrogen functional groups attached to an aromatic ring is 1. The Labute approximate surface area is 206 Å². The first-order valence-corrected chi connectivity index (χ1v) is 12.1. The maximum atomic E-state index is 11.8. The van der Waals surface area contributed by atoms with Crippen LogP contribution in [0.25, 0.3) is 17.3 Å². The number of thioether (sulfide) groups is 1. The number of anilines is 2. The van der Waals surface area contributed by atoms with Crippen molar-refractivity contribution in [2.75, 3.05) is 30.3 Å². The summed E-state index contributed by atoms with van der Waals surface area (Å²) in [6.07, 6.45) is 8.90. The van der Waals surface area contributed by atoms with Crippen molar-refractivity contribution in [1.29, 1.82) is 0 Å². The summed E-state index contributed by atoms with van der Waals surface area (Å²) in [6.45, 7) is 3.30. The van der Waals surface area contributed by atoms with Crippen LogP contribution in [0, 0.1) is 5.92 Å². The van der Waals surface area contributed by atoms with E-state index in [0.717, 1.165) is 61.1 Å². The van der Waals surface area contributed by atoms with E-state index in [0.29, 0.717) is 34.8 Å². The molecule has 2 fully saturated rings. The van der Waals surface area contributed by atoms with Crippen LogP contribution >= 0.6 is 11.8 Å². The van der Waals surface area contributed by atoms with E-state index in [1.165, 1.54) is 0 Å². The van der Waals surface area contributed by atoms with Crippen LogP contribution in [0.1, 0.15) is 24.1 Å². The lowest BCUT2D eigenvalue weighted by atomic mass is 9.97. The summed E-state index contributed by atoms with van der Waals surface area (Å²) >= 11 is 0.883. The summed E-state index contributed by atoms with van der Waals surface area (Å²) in [5.74, 6) is 1.28. The fourth-order valence-corrected chi connectivity index (χ4v) is 4.84. The quantitative estimate of drug-likeness (QED) is 0.361. The summed E-state index contributed by atoms with van der Waals surface area (Å²) in [4.78, 5) is 39.1. The van der Waals surface area contributed by atoms with Gasteiger partial charge in [0.1, 0.15) is 5.82 Å². The Hall–Kier alpha value is -3.77. The van der Waals surface area contributed by atoms with Crippen LogP contribution in [-0.4, -0.2) is 55.9 Å². The molecule has 5 N–H and O–H groups in total. The van der Waals surface area contributed by atoms with E-state index in [1.807, 2.05) is 18.3 Å². The number of aromatic amines is 1. The highest BCUT2D eigenvalue weighted by molar-refractivity contribution is 8.18. The number of carbonyl (C=O) groups excluding carboxylic acids is 2. The number of nitrogens with one attached hydrogen (secondary N) is 3. The third-order valence-electron chi connectivity index (χ3n) is 6.00. The first-order valence-electron chi connectivity index (χ1n) is 11.3. The molecule has 12 heteroatoms. The molecular formula is C23H25N9O2S. The number of amides is 2. The number of imide groups is 1. The molecule has 0 radical (unpaired) electrons. The van der Waals surface area contributed by atoms with Crippen LogP contribution in [0.4, 0.5) is 16.6 Å². The monoisotopic (exact) mass is 491 g/mol. The number of carbonyl (C=O) groups is 2. The van der Waals surface area contributed by atoms with Crippen molar-refractivity contribution in [2.24, 2.45) is 5.92 Å². The van der Waals surface area contributed by atoms with Gasteiger partial charge in [-0.25, -0.2) is 15.0 Å². The summed E-state index contributed by atoms with van der Waals surface area (Å²) < 4.78 is 0. The fourth-order valence-electron chi connectivity index (χ4n) is 4.17. The molecule has 0 spiro atoms. The number of piperidine rings is 1. The molecule has 5 heterocycles. The van der Waals surface area contributed by atoms with Gasteiger partial charge in [-0.2, -0.15) is 5.10 Å². The Morgan fingerprint density at radius 2 is 2.06 bits per heavy atom. The van der Waals surface area contributed by atoms with Gasteiger partial charge < -0.3 is 16.0 Å². The maximum Gasteiger partial charge on any atom is 0.290 e.